The molecule has 1 atom stereocenters. The lowest BCUT2D eigenvalue weighted by molar-refractivity contribution is -0.124. The first-order valence-corrected chi connectivity index (χ1v) is 6.38. The van der Waals surface area contributed by atoms with E-state index in [2.05, 4.69) is 16.8 Å². The molecule has 3 heteroatoms. The molecule has 0 aliphatic carbocycles. The molecule has 0 saturated carbocycles. The molecule has 0 bridgehead atoms. The summed E-state index contributed by atoms with van der Waals surface area (Å²) in [4.78, 5) is 13.9. The standard InChI is InChI=1S/C13H24N2O/c1-3-4-5-6-7-10-15-11-8-9-14-13(16)12(15)2/h3,12H,1,4-11H2,2H3,(H,14,16)/t12-/m0/s1. The number of amides is 1. The summed E-state index contributed by atoms with van der Waals surface area (Å²) in [5.41, 5.74) is 0. The van der Waals surface area contributed by atoms with Gasteiger partial charge in [0.15, 0.2) is 0 Å². The van der Waals surface area contributed by atoms with E-state index < -0.39 is 0 Å². The third-order valence-corrected chi connectivity index (χ3v) is 3.20. The van der Waals surface area contributed by atoms with Gasteiger partial charge in [0, 0.05) is 13.1 Å². The Balaban J connectivity index is 2.22. The van der Waals surface area contributed by atoms with Crippen molar-refractivity contribution in [1.29, 1.82) is 0 Å². The SMILES string of the molecule is C=CCCCCCN1CCCNC(=O)[C@@H]1C. The number of nitrogens with zero attached hydrogens (tertiary/aromatic N) is 1. The van der Waals surface area contributed by atoms with Crippen molar-refractivity contribution < 1.29 is 4.79 Å². The molecule has 1 aliphatic heterocycles. The van der Waals surface area contributed by atoms with Gasteiger partial charge < -0.3 is 5.32 Å². The first-order valence-electron chi connectivity index (χ1n) is 6.38. The molecule has 1 N–H and O–H groups in total. The van der Waals surface area contributed by atoms with E-state index in [-0.39, 0.29) is 11.9 Å². The van der Waals surface area contributed by atoms with Crippen LogP contribution in [0.25, 0.3) is 0 Å². The average Bonchev–Trinajstić information content (AvgIpc) is 2.44. The zero-order chi connectivity index (χ0) is 11.8. The van der Waals surface area contributed by atoms with Gasteiger partial charge in [-0.2, -0.15) is 0 Å². The molecule has 0 unspecified atom stereocenters. The topological polar surface area (TPSA) is 32.3 Å². The summed E-state index contributed by atoms with van der Waals surface area (Å²) in [6, 6.07) is 0.0434. The van der Waals surface area contributed by atoms with E-state index in [9.17, 15) is 4.79 Å². The Morgan fingerprint density at radius 3 is 3.06 bits per heavy atom. The second kappa shape index (κ2) is 7.44. The summed E-state index contributed by atoms with van der Waals surface area (Å²) in [7, 11) is 0. The van der Waals surface area contributed by atoms with E-state index >= 15 is 0 Å². The van der Waals surface area contributed by atoms with Crippen molar-refractivity contribution in [2.45, 2.75) is 45.1 Å². The second-order valence-electron chi connectivity index (χ2n) is 4.49. The van der Waals surface area contributed by atoms with Gasteiger partial charge in [0.25, 0.3) is 0 Å². The molecule has 0 radical (unpaired) electrons. The predicted octanol–water partition coefficient (Wildman–Crippen LogP) is 1.94. The Hall–Kier alpha value is -0.830. The van der Waals surface area contributed by atoms with Crippen LogP contribution in [0, 0.1) is 0 Å². The number of rotatable bonds is 6. The summed E-state index contributed by atoms with van der Waals surface area (Å²) in [5.74, 6) is 0.184. The van der Waals surface area contributed by atoms with Crippen LogP contribution in [0.1, 0.15) is 39.0 Å². The van der Waals surface area contributed by atoms with Crippen LogP contribution in [-0.4, -0.2) is 36.5 Å². The average molecular weight is 224 g/mol. The number of nitrogens with one attached hydrogen (secondary N) is 1. The third-order valence-electron chi connectivity index (χ3n) is 3.20. The maximum Gasteiger partial charge on any atom is 0.237 e. The fraction of sp³-hybridized carbons (Fsp3) is 0.769. The monoisotopic (exact) mass is 224 g/mol. The molecule has 1 saturated heterocycles. The van der Waals surface area contributed by atoms with E-state index in [1.54, 1.807) is 0 Å². The van der Waals surface area contributed by atoms with Crippen LogP contribution < -0.4 is 5.32 Å². The molecule has 0 aromatic rings. The Morgan fingerprint density at radius 2 is 2.31 bits per heavy atom. The number of hydrogen-bond acceptors (Lipinski definition) is 2. The number of unbranched alkanes of at least 4 members (excludes halogenated alkanes) is 3. The van der Waals surface area contributed by atoms with Crippen molar-refractivity contribution in [3.8, 4) is 0 Å². The van der Waals surface area contributed by atoms with Crippen LogP contribution in [0.15, 0.2) is 12.7 Å². The zero-order valence-corrected chi connectivity index (χ0v) is 10.4. The summed E-state index contributed by atoms with van der Waals surface area (Å²) in [6.45, 7) is 8.64. The molecule has 1 amide bonds. The quantitative estimate of drug-likeness (QED) is 0.552. The smallest absolute Gasteiger partial charge is 0.237 e. The maximum atomic E-state index is 11.6. The normalized spacial score (nSPS) is 22.6. The molecule has 92 valence electrons. The fourth-order valence-corrected chi connectivity index (χ4v) is 2.09. The van der Waals surface area contributed by atoms with Gasteiger partial charge in [-0.25, -0.2) is 0 Å². The Bertz CT molecular complexity index is 228. The van der Waals surface area contributed by atoms with E-state index in [1.807, 2.05) is 13.0 Å². The number of allylic oxidation sites excluding steroid dienone is 1. The van der Waals surface area contributed by atoms with Gasteiger partial charge in [0.2, 0.25) is 5.91 Å². The largest absolute Gasteiger partial charge is 0.355 e. The van der Waals surface area contributed by atoms with Crippen LogP contribution in [-0.2, 0) is 4.79 Å². The fourth-order valence-electron chi connectivity index (χ4n) is 2.09. The highest BCUT2D eigenvalue weighted by molar-refractivity contribution is 5.81. The van der Waals surface area contributed by atoms with E-state index in [4.69, 9.17) is 0 Å². The van der Waals surface area contributed by atoms with Crippen LogP contribution in [0.3, 0.4) is 0 Å². The highest BCUT2D eigenvalue weighted by atomic mass is 16.2. The molecular weight excluding hydrogens is 200 g/mol. The molecule has 16 heavy (non-hydrogen) atoms. The van der Waals surface area contributed by atoms with Crippen molar-refractivity contribution in [2.75, 3.05) is 19.6 Å². The van der Waals surface area contributed by atoms with Crippen molar-refractivity contribution >= 4 is 5.91 Å². The number of carbonyl (C=O) groups excluding carboxylic acids is 1. The van der Waals surface area contributed by atoms with Crippen LogP contribution in [0.5, 0.6) is 0 Å². The lowest BCUT2D eigenvalue weighted by atomic mass is 10.1. The van der Waals surface area contributed by atoms with Crippen molar-refractivity contribution in [2.24, 2.45) is 0 Å². The molecule has 1 rings (SSSR count). The van der Waals surface area contributed by atoms with Crippen molar-refractivity contribution in [1.82, 2.24) is 10.2 Å². The highest BCUT2D eigenvalue weighted by Crippen LogP contribution is 2.08. The van der Waals surface area contributed by atoms with Gasteiger partial charge in [-0.1, -0.05) is 12.5 Å². The molecule has 1 heterocycles. The van der Waals surface area contributed by atoms with Gasteiger partial charge in [-0.05, 0) is 39.2 Å². The zero-order valence-electron chi connectivity index (χ0n) is 10.4. The molecule has 1 aliphatic rings. The minimum absolute atomic E-state index is 0.0434. The molecular formula is C13H24N2O. The van der Waals surface area contributed by atoms with E-state index in [0.717, 1.165) is 32.5 Å². The van der Waals surface area contributed by atoms with Gasteiger partial charge in [0.1, 0.15) is 0 Å². The van der Waals surface area contributed by atoms with E-state index in [1.165, 1.54) is 19.3 Å². The van der Waals surface area contributed by atoms with E-state index in [0.29, 0.717) is 0 Å². The second-order valence-corrected chi connectivity index (χ2v) is 4.49. The maximum absolute atomic E-state index is 11.6. The van der Waals surface area contributed by atoms with Crippen LogP contribution >= 0.6 is 0 Å². The number of carbonyl (C=O) groups is 1. The minimum atomic E-state index is 0.0434. The Kier molecular flexibility index (Phi) is 6.16. The molecule has 0 aromatic heterocycles. The summed E-state index contributed by atoms with van der Waals surface area (Å²) >= 11 is 0. The van der Waals surface area contributed by atoms with Crippen molar-refractivity contribution in [3.05, 3.63) is 12.7 Å². The third kappa shape index (κ3) is 4.35. The van der Waals surface area contributed by atoms with Gasteiger partial charge in [-0.3, -0.25) is 9.69 Å². The Morgan fingerprint density at radius 1 is 1.50 bits per heavy atom. The first kappa shape index (κ1) is 13.2. The molecule has 0 aromatic carbocycles. The predicted molar refractivity (Wildman–Crippen MR) is 67.3 cm³/mol. The molecule has 1 fully saturated rings. The lowest BCUT2D eigenvalue weighted by Gasteiger charge is -2.24. The summed E-state index contributed by atoms with van der Waals surface area (Å²) < 4.78 is 0. The first-order chi connectivity index (χ1) is 7.75. The number of hydrogen-bond donors (Lipinski definition) is 1. The summed E-state index contributed by atoms with van der Waals surface area (Å²) in [6.07, 6.45) is 7.79. The van der Waals surface area contributed by atoms with Crippen LogP contribution in [0.4, 0.5) is 0 Å². The summed E-state index contributed by atoms with van der Waals surface area (Å²) in [5, 5.41) is 2.94. The van der Waals surface area contributed by atoms with Gasteiger partial charge in [-0.15, -0.1) is 6.58 Å². The van der Waals surface area contributed by atoms with Gasteiger partial charge >= 0.3 is 0 Å². The van der Waals surface area contributed by atoms with Gasteiger partial charge in [0.05, 0.1) is 6.04 Å². The minimum Gasteiger partial charge on any atom is -0.355 e. The lowest BCUT2D eigenvalue weighted by Crippen LogP contribution is -2.42. The van der Waals surface area contributed by atoms with Crippen LogP contribution in [0.2, 0.25) is 0 Å². The molecule has 3 nitrogen and oxygen atoms in total. The highest BCUT2D eigenvalue weighted by Gasteiger charge is 2.22. The van der Waals surface area contributed by atoms with Crippen molar-refractivity contribution in [3.63, 3.8) is 0 Å². The molecule has 0 spiro atoms. The Labute approximate surface area is 98.9 Å².